The molecular weight excluding hydrogens is 216 g/mol. The topological polar surface area (TPSA) is 63.7 Å². The summed E-state index contributed by atoms with van der Waals surface area (Å²) in [5, 5.41) is 7.64. The smallest absolute Gasteiger partial charge is 0.174 e. The van der Waals surface area contributed by atoms with Crippen LogP contribution in [0.15, 0.2) is 36.7 Å². The third kappa shape index (κ3) is 1.61. The number of pyridine rings is 1. The fourth-order valence-electron chi connectivity index (χ4n) is 1.75. The molecule has 17 heavy (non-hydrogen) atoms. The third-order valence-corrected chi connectivity index (χ3v) is 2.56. The standard InChI is InChI=1S/C12H10N4O/c1-17-10-4-2-3-8-5-6-9(15-11(8)10)12-13-7-14-16-12/h2-7H,1H3,(H,13,14,16). The molecule has 0 aliphatic rings. The van der Waals surface area contributed by atoms with Crippen LogP contribution in [-0.2, 0) is 0 Å². The number of benzene rings is 1. The molecule has 1 N–H and O–H groups in total. The van der Waals surface area contributed by atoms with Gasteiger partial charge in [-0.05, 0) is 12.1 Å². The van der Waals surface area contributed by atoms with E-state index in [1.165, 1.54) is 6.33 Å². The van der Waals surface area contributed by atoms with E-state index in [0.29, 0.717) is 5.82 Å². The average molecular weight is 226 g/mol. The zero-order chi connectivity index (χ0) is 11.7. The van der Waals surface area contributed by atoms with Gasteiger partial charge < -0.3 is 4.74 Å². The molecule has 2 heterocycles. The van der Waals surface area contributed by atoms with Crippen LogP contribution in [0.25, 0.3) is 22.4 Å². The molecule has 0 saturated carbocycles. The highest BCUT2D eigenvalue weighted by Gasteiger charge is 2.06. The van der Waals surface area contributed by atoms with Crippen LogP contribution in [-0.4, -0.2) is 27.3 Å². The number of ether oxygens (including phenoxy) is 1. The summed E-state index contributed by atoms with van der Waals surface area (Å²) < 4.78 is 5.29. The largest absolute Gasteiger partial charge is 0.494 e. The van der Waals surface area contributed by atoms with Gasteiger partial charge in [-0.15, -0.1) is 0 Å². The zero-order valence-electron chi connectivity index (χ0n) is 9.21. The van der Waals surface area contributed by atoms with Crippen molar-refractivity contribution in [3.8, 4) is 17.3 Å². The lowest BCUT2D eigenvalue weighted by Gasteiger charge is -2.05. The van der Waals surface area contributed by atoms with Gasteiger partial charge in [-0.3, -0.25) is 5.10 Å². The van der Waals surface area contributed by atoms with Gasteiger partial charge in [-0.1, -0.05) is 18.2 Å². The number of para-hydroxylation sites is 1. The summed E-state index contributed by atoms with van der Waals surface area (Å²) in [6, 6.07) is 9.72. The Morgan fingerprint density at radius 3 is 2.88 bits per heavy atom. The molecule has 1 aromatic carbocycles. The van der Waals surface area contributed by atoms with Crippen LogP contribution in [0.1, 0.15) is 0 Å². The van der Waals surface area contributed by atoms with Crippen LogP contribution >= 0.6 is 0 Å². The molecule has 0 aliphatic heterocycles. The summed E-state index contributed by atoms with van der Waals surface area (Å²) >= 11 is 0. The minimum absolute atomic E-state index is 0.651. The molecule has 3 rings (SSSR count). The van der Waals surface area contributed by atoms with Gasteiger partial charge in [0.15, 0.2) is 5.82 Å². The number of rotatable bonds is 2. The minimum Gasteiger partial charge on any atom is -0.494 e. The first-order valence-electron chi connectivity index (χ1n) is 5.18. The van der Waals surface area contributed by atoms with Gasteiger partial charge in [-0.25, -0.2) is 9.97 Å². The van der Waals surface area contributed by atoms with E-state index in [9.17, 15) is 0 Å². The lowest BCUT2D eigenvalue weighted by Crippen LogP contribution is -1.91. The van der Waals surface area contributed by atoms with Crippen molar-refractivity contribution in [3.05, 3.63) is 36.7 Å². The Morgan fingerprint density at radius 1 is 1.18 bits per heavy atom. The number of nitrogens with one attached hydrogen (secondary N) is 1. The summed E-state index contributed by atoms with van der Waals surface area (Å²) in [5.41, 5.74) is 1.57. The molecule has 0 spiro atoms. The van der Waals surface area contributed by atoms with Gasteiger partial charge in [0.25, 0.3) is 0 Å². The van der Waals surface area contributed by atoms with E-state index >= 15 is 0 Å². The third-order valence-electron chi connectivity index (χ3n) is 2.56. The Labute approximate surface area is 97.5 Å². The molecule has 3 aromatic rings. The van der Waals surface area contributed by atoms with Crippen molar-refractivity contribution in [1.29, 1.82) is 0 Å². The van der Waals surface area contributed by atoms with Crippen molar-refractivity contribution < 1.29 is 4.74 Å². The predicted molar refractivity (Wildman–Crippen MR) is 63.7 cm³/mol. The fourth-order valence-corrected chi connectivity index (χ4v) is 1.75. The molecule has 0 bridgehead atoms. The Bertz CT molecular complexity index is 649. The Balaban J connectivity index is 2.24. The van der Waals surface area contributed by atoms with Crippen LogP contribution in [0, 0.1) is 0 Å². The van der Waals surface area contributed by atoms with Crippen molar-refractivity contribution in [2.75, 3.05) is 7.11 Å². The van der Waals surface area contributed by atoms with Gasteiger partial charge >= 0.3 is 0 Å². The summed E-state index contributed by atoms with van der Waals surface area (Å²) in [7, 11) is 1.64. The molecule has 0 amide bonds. The summed E-state index contributed by atoms with van der Waals surface area (Å²) in [4.78, 5) is 8.61. The van der Waals surface area contributed by atoms with Gasteiger partial charge in [0, 0.05) is 5.39 Å². The Morgan fingerprint density at radius 2 is 2.12 bits per heavy atom. The average Bonchev–Trinajstić information content (AvgIpc) is 2.91. The predicted octanol–water partition coefficient (Wildman–Crippen LogP) is 2.03. The van der Waals surface area contributed by atoms with Crippen LogP contribution < -0.4 is 4.74 Å². The van der Waals surface area contributed by atoms with Gasteiger partial charge in [0.2, 0.25) is 0 Å². The SMILES string of the molecule is COc1cccc2ccc(-c3ncn[nH]3)nc12. The molecule has 0 fully saturated rings. The van der Waals surface area contributed by atoms with E-state index in [0.717, 1.165) is 22.3 Å². The molecule has 0 aliphatic carbocycles. The Hall–Kier alpha value is -2.43. The second-order valence-electron chi connectivity index (χ2n) is 3.56. The maximum atomic E-state index is 5.29. The van der Waals surface area contributed by atoms with Crippen molar-refractivity contribution in [3.63, 3.8) is 0 Å². The molecule has 2 aromatic heterocycles. The normalized spacial score (nSPS) is 10.6. The zero-order valence-corrected chi connectivity index (χ0v) is 9.21. The monoisotopic (exact) mass is 226 g/mol. The van der Waals surface area contributed by atoms with Crippen molar-refractivity contribution in [1.82, 2.24) is 20.2 Å². The second kappa shape index (κ2) is 3.86. The Kier molecular flexibility index (Phi) is 2.22. The highest BCUT2D eigenvalue weighted by molar-refractivity contribution is 5.86. The quantitative estimate of drug-likeness (QED) is 0.726. The summed E-state index contributed by atoms with van der Waals surface area (Å²) in [6.45, 7) is 0. The van der Waals surface area contributed by atoms with Gasteiger partial charge in [0.05, 0.1) is 7.11 Å². The number of nitrogens with zero attached hydrogens (tertiary/aromatic N) is 3. The molecule has 0 atom stereocenters. The fraction of sp³-hybridized carbons (Fsp3) is 0.0833. The first-order chi connectivity index (χ1) is 8.38. The molecule has 5 heteroatoms. The number of fused-ring (bicyclic) bond motifs is 1. The maximum absolute atomic E-state index is 5.29. The van der Waals surface area contributed by atoms with E-state index in [1.807, 2.05) is 30.3 Å². The first-order valence-corrected chi connectivity index (χ1v) is 5.18. The summed E-state index contributed by atoms with van der Waals surface area (Å²) in [5.74, 6) is 1.40. The van der Waals surface area contributed by atoms with Crippen LogP contribution in [0.2, 0.25) is 0 Å². The second-order valence-corrected chi connectivity index (χ2v) is 3.56. The van der Waals surface area contributed by atoms with E-state index in [-0.39, 0.29) is 0 Å². The van der Waals surface area contributed by atoms with Crippen molar-refractivity contribution >= 4 is 10.9 Å². The van der Waals surface area contributed by atoms with Gasteiger partial charge in [-0.2, -0.15) is 5.10 Å². The number of methoxy groups -OCH3 is 1. The number of aromatic nitrogens is 4. The summed E-state index contributed by atoms with van der Waals surface area (Å²) in [6.07, 6.45) is 1.46. The molecule has 84 valence electrons. The molecule has 5 nitrogen and oxygen atoms in total. The van der Waals surface area contributed by atoms with Crippen molar-refractivity contribution in [2.24, 2.45) is 0 Å². The van der Waals surface area contributed by atoms with E-state index in [2.05, 4.69) is 20.2 Å². The van der Waals surface area contributed by atoms with E-state index < -0.39 is 0 Å². The van der Waals surface area contributed by atoms with Crippen LogP contribution in [0.3, 0.4) is 0 Å². The molecular formula is C12H10N4O. The van der Waals surface area contributed by atoms with E-state index in [4.69, 9.17) is 4.74 Å². The number of aromatic amines is 1. The molecule has 0 unspecified atom stereocenters. The lowest BCUT2D eigenvalue weighted by molar-refractivity contribution is 0.419. The minimum atomic E-state index is 0.651. The lowest BCUT2D eigenvalue weighted by atomic mass is 10.2. The number of hydrogen-bond donors (Lipinski definition) is 1. The maximum Gasteiger partial charge on any atom is 0.174 e. The first kappa shape index (κ1) is 9.77. The van der Waals surface area contributed by atoms with Crippen LogP contribution in [0.5, 0.6) is 5.75 Å². The van der Waals surface area contributed by atoms with Crippen LogP contribution in [0.4, 0.5) is 0 Å². The molecule has 0 saturated heterocycles. The highest BCUT2D eigenvalue weighted by Crippen LogP contribution is 2.25. The highest BCUT2D eigenvalue weighted by atomic mass is 16.5. The van der Waals surface area contributed by atoms with Gasteiger partial charge in [0.1, 0.15) is 23.3 Å². The number of H-pyrrole nitrogens is 1. The van der Waals surface area contributed by atoms with E-state index in [1.54, 1.807) is 7.11 Å². The van der Waals surface area contributed by atoms with Crippen molar-refractivity contribution in [2.45, 2.75) is 0 Å². The molecule has 0 radical (unpaired) electrons. The number of hydrogen-bond acceptors (Lipinski definition) is 4.